The maximum atomic E-state index is 11.4. The molecule has 5 nitrogen and oxygen atoms in total. The normalized spacial score (nSPS) is 29.7. The highest BCUT2D eigenvalue weighted by molar-refractivity contribution is 5.85. The second kappa shape index (κ2) is 7.41. The maximum Gasteiger partial charge on any atom is 0.257 e. The Balaban J connectivity index is 0.00000180. The molecule has 1 atom stereocenters. The van der Waals surface area contributed by atoms with Crippen molar-refractivity contribution in [3.8, 4) is 0 Å². The standard InChI is InChI=1S/C13H24N2O3.ClH/c1-2-8-13(15(16)17)9-14(11-18-10-13)12-6-4-3-5-7-12;/h12H,2-11H2,1H3;1H. The Morgan fingerprint density at radius 3 is 2.63 bits per heavy atom. The Morgan fingerprint density at radius 1 is 1.37 bits per heavy atom. The third-order valence-corrected chi connectivity index (χ3v) is 4.32. The van der Waals surface area contributed by atoms with Gasteiger partial charge in [0.2, 0.25) is 0 Å². The largest absolute Gasteiger partial charge is 0.359 e. The van der Waals surface area contributed by atoms with Gasteiger partial charge in [-0.2, -0.15) is 0 Å². The molecule has 1 saturated heterocycles. The average Bonchev–Trinajstić information content (AvgIpc) is 2.40. The van der Waals surface area contributed by atoms with E-state index in [9.17, 15) is 10.1 Å². The van der Waals surface area contributed by atoms with Gasteiger partial charge in [0.1, 0.15) is 6.61 Å². The van der Waals surface area contributed by atoms with Crippen molar-refractivity contribution in [3.05, 3.63) is 10.1 Å². The van der Waals surface area contributed by atoms with Crippen molar-refractivity contribution in [3.63, 3.8) is 0 Å². The minimum atomic E-state index is -0.871. The minimum absolute atomic E-state index is 0. The third kappa shape index (κ3) is 3.80. The number of rotatable bonds is 4. The molecule has 1 aliphatic carbocycles. The molecule has 0 N–H and O–H groups in total. The molecule has 2 rings (SSSR count). The molecule has 1 saturated carbocycles. The summed E-state index contributed by atoms with van der Waals surface area (Å²) in [6.07, 6.45) is 7.60. The molecule has 0 radical (unpaired) electrons. The number of halogens is 1. The highest BCUT2D eigenvalue weighted by Crippen LogP contribution is 2.29. The summed E-state index contributed by atoms with van der Waals surface area (Å²) in [6.45, 7) is 3.42. The monoisotopic (exact) mass is 292 g/mol. The van der Waals surface area contributed by atoms with E-state index < -0.39 is 5.54 Å². The van der Waals surface area contributed by atoms with E-state index in [1.165, 1.54) is 32.1 Å². The van der Waals surface area contributed by atoms with Gasteiger partial charge in [-0.05, 0) is 19.3 Å². The SMILES string of the molecule is CCCC1([N+](=O)[O-])COCN(C2CCCCC2)C1.Cl. The molecule has 0 bridgehead atoms. The predicted octanol–water partition coefficient (Wildman–Crippen LogP) is 2.85. The van der Waals surface area contributed by atoms with Gasteiger partial charge in [0, 0.05) is 17.4 Å². The smallest absolute Gasteiger partial charge is 0.257 e. The van der Waals surface area contributed by atoms with Gasteiger partial charge < -0.3 is 4.74 Å². The molecule has 0 aromatic heterocycles. The number of nitrogens with zero attached hydrogens (tertiary/aromatic N) is 2. The molecule has 0 aromatic rings. The van der Waals surface area contributed by atoms with Gasteiger partial charge in [-0.25, -0.2) is 0 Å². The molecule has 0 spiro atoms. The molecule has 2 aliphatic rings. The van der Waals surface area contributed by atoms with E-state index in [-0.39, 0.29) is 23.9 Å². The minimum Gasteiger partial charge on any atom is -0.359 e. The van der Waals surface area contributed by atoms with Crippen molar-refractivity contribution in [2.24, 2.45) is 0 Å². The molecule has 1 aliphatic heterocycles. The summed E-state index contributed by atoms with van der Waals surface area (Å²) >= 11 is 0. The first-order valence-electron chi connectivity index (χ1n) is 7.14. The molecule has 0 aromatic carbocycles. The summed E-state index contributed by atoms with van der Waals surface area (Å²) in [4.78, 5) is 13.5. The van der Waals surface area contributed by atoms with Crippen molar-refractivity contribution < 1.29 is 9.66 Å². The molecule has 1 heterocycles. The number of ether oxygens (including phenoxy) is 1. The second-order valence-electron chi connectivity index (χ2n) is 5.75. The summed E-state index contributed by atoms with van der Waals surface area (Å²) in [6, 6.07) is 0.496. The first-order valence-corrected chi connectivity index (χ1v) is 7.14. The molecular weight excluding hydrogens is 268 g/mol. The van der Waals surface area contributed by atoms with Gasteiger partial charge >= 0.3 is 0 Å². The van der Waals surface area contributed by atoms with E-state index in [1.807, 2.05) is 6.92 Å². The van der Waals surface area contributed by atoms with Gasteiger partial charge in [0.15, 0.2) is 0 Å². The zero-order valence-corrected chi connectivity index (χ0v) is 12.5. The van der Waals surface area contributed by atoms with Crippen molar-refractivity contribution in [1.82, 2.24) is 4.90 Å². The summed E-state index contributed by atoms with van der Waals surface area (Å²) in [5.41, 5.74) is -0.871. The third-order valence-electron chi connectivity index (χ3n) is 4.32. The summed E-state index contributed by atoms with van der Waals surface area (Å²) in [7, 11) is 0. The van der Waals surface area contributed by atoms with E-state index in [2.05, 4.69) is 4.90 Å². The second-order valence-corrected chi connectivity index (χ2v) is 5.75. The Kier molecular flexibility index (Phi) is 6.50. The van der Waals surface area contributed by atoms with Crippen LogP contribution in [0.4, 0.5) is 0 Å². The highest BCUT2D eigenvalue weighted by atomic mass is 35.5. The quantitative estimate of drug-likeness (QED) is 0.590. The first-order chi connectivity index (χ1) is 8.68. The molecule has 6 heteroatoms. The Morgan fingerprint density at radius 2 is 2.05 bits per heavy atom. The van der Waals surface area contributed by atoms with Crippen molar-refractivity contribution in [2.45, 2.75) is 63.5 Å². The van der Waals surface area contributed by atoms with Gasteiger partial charge in [-0.3, -0.25) is 15.0 Å². The Hall–Kier alpha value is -0.390. The van der Waals surface area contributed by atoms with Crippen LogP contribution in [0.1, 0.15) is 51.9 Å². The molecule has 2 fully saturated rings. The predicted molar refractivity (Wildman–Crippen MR) is 76.3 cm³/mol. The number of nitro groups is 1. The molecule has 0 amide bonds. The van der Waals surface area contributed by atoms with Crippen LogP contribution in [0, 0.1) is 10.1 Å². The lowest BCUT2D eigenvalue weighted by Gasteiger charge is -2.41. The van der Waals surface area contributed by atoms with Crippen LogP contribution in [0.15, 0.2) is 0 Å². The zero-order chi connectivity index (χ0) is 13.0. The fraction of sp³-hybridized carbons (Fsp3) is 1.00. The van der Waals surface area contributed by atoms with Crippen LogP contribution in [0.3, 0.4) is 0 Å². The first kappa shape index (κ1) is 16.7. The van der Waals surface area contributed by atoms with Crippen molar-refractivity contribution >= 4 is 12.4 Å². The van der Waals surface area contributed by atoms with Crippen molar-refractivity contribution in [1.29, 1.82) is 0 Å². The van der Waals surface area contributed by atoms with E-state index in [0.29, 0.717) is 25.7 Å². The van der Waals surface area contributed by atoms with Gasteiger partial charge in [0.25, 0.3) is 5.54 Å². The summed E-state index contributed by atoms with van der Waals surface area (Å²) < 4.78 is 5.55. The molecule has 112 valence electrons. The Labute approximate surface area is 121 Å². The topological polar surface area (TPSA) is 55.6 Å². The van der Waals surface area contributed by atoms with Gasteiger partial charge in [-0.1, -0.05) is 26.2 Å². The molecule has 1 unspecified atom stereocenters. The fourth-order valence-electron chi connectivity index (χ4n) is 3.32. The van der Waals surface area contributed by atoms with Crippen molar-refractivity contribution in [2.75, 3.05) is 19.9 Å². The lowest BCUT2D eigenvalue weighted by Crippen LogP contribution is -2.59. The summed E-state index contributed by atoms with van der Waals surface area (Å²) in [5.74, 6) is 0. The van der Waals surface area contributed by atoms with Crippen LogP contribution in [0.2, 0.25) is 0 Å². The van der Waals surface area contributed by atoms with E-state index in [1.54, 1.807) is 0 Å². The van der Waals surface area contributed by atoms with Crippen LogP contribution in [0.5, 0.6) is 0 Å². The molecule has 19 heavy (non-hydrogen) atoms. The van der Waals surface area contributed by atoms with Crippen LogP contribution in [-0.2, 0) is 4.74 Å². The van der Waals surface area contributed by atoms with Crippen LogP contribution in [-0.4, -0.2) is 41.3 Å². The number of hydrogen-bond acceptors (Lipinski definition) is 4. The lowest BCUT2D eigenvalue weighted by molar-refractivity contribution is -0.583. The van der Waals surface area contributed by atoms with Crippen LogP contribution >= 0.6 is 12.4 Å². The lowest BCUT2D eigenvalue weighted by atomic mass is 9.89. The van der Waals surface area contributed by atoms with E-state index in [0.717, 1.165) is 6.42 Å². The zero-order valence-electron chi connectivity index (χ0n) is 11.7. The average molecular weight is 293 g/mol. The van der Waals surface area contributed by atoms with E-state index >= 15 is 0 Å². The number of hydrogen-bond donors (Lipinski definition) is 0. The van der Waals surface area contributed by atoms with E-state index in [4.69, 9.17) is 4.74 Å². The fourth-order valence-corrected chi connectivity index (χ4v) is 3.32. The molecular formula is C13H25ClN2O3. The van der Waals surface area contributed by atoms with Gasteiger partial charge in [0.05, 0.1) is 13.3 Å². The van der Waals surface area contributed by atoms with Crippen LogP contribution in [0.25, 0.3) is 0 Å². The summed E-state index contributed by atoms with van der Waals surface area (Å²) in [5, 5.41) is 11.4. The highest BCUT2D eigenvalue weighted by Gasteiger charge is 2.47. The maximum absolute atomic E-state index is 11.4. The van der Waals surface area contributed by atoms with Gasteiger partial charge in [-0.15, -0.1) is 12.4 Å². The Bertz CT molecular complexity index is 294. The van der Waals surface area contributed by atoms with Crippen LogP contribution < -0.4 is 0 Å².